The Labute approximate surface area is 258 Å². The van der Waals surface area contributed by atoms with Gasteiger partial charge in [0.25, 0.3) is 0 Å². The van der Waals surface area contributed by atoms with Crippen molar-refractivity contribution in [3.05, 3.63) is 41.6 Å². The van der Waals surface area contributed by atoms with Crippen LogP contribution in [0.3, 0.4) is 0 Å². The summed E-state index contributed by atoms with van der Waals surface area (Å²) in [4.78, 5) is 10.4. The van der Waals surface area contributed by atoms with E-state index in [0.717, 1.165) is 43.9 Å². The SMILES string of the molecule is CSc1ccccc1CNc1ncc(C#N)c(NCC23CC4C[C@H](C2)C(NCCCO[Si](C)(C)C(C)(C)C)[C@@H](C4)C3)n1. The molecule has 1 heterocycles. The molecule has 0 spiro atoms. The van der Waals surface area contributed by atoms with E-state index in [1.165, 1.54) is 42.6 Å². The smallest absolute Gasteiger partial charge is 0.224 e. The third-order valence-electron chi connectivity index (χ3n) is 10.5. The van der Waals surface area contributed by atoms with E-state index in [4.69, 9.17) is 9.41 Å². The van der Waals surface area contributed by atoms with Crippen LogP contribution in [-0.4, -0.2) is 50.3 Å². The number of aromatic nitrogens is 2. The second kappa shape index (κ2) is 12.9. The zero-order valence-corrected chi connectivity index (χ0v) is 28.2. The van der Waals surface area contributed by atoms with Crippen LogP contribution in [-0.2, 0) is 11.0 Å². The quantitative estimate of drug-likeness (QED) is 0.124. The highest BCUT2D eigenvalue weighted by molar-refractivity contribution is 7.98. The summed E-state index contributed by atoms with van der Waals surface area (Å²) in [5.74, 6) is 3.53. The number of hydrogen-bond donors (Lipinski definition) is 3. The van der Waals surface area contributed by atoms with Crippen LogP contribution < -0.4 is 16.0 Å². The molecule has 1 aromatic heterocycles. The first-order chi connectivity index (χ1) is 20.0. The Hall–Kier alpha value is -2.12. The molecule has 0 aliphatic heterocycles. The zero-order valence-electron chi connectivity index (χ0n) is 26.4. The fourth-order valence-corrected chi connectivity index (χ4v) is 9.31. The van der Waals surface area contributed by atoms with Crippen LogP contribution >= 0.6 is 11.8 Å². The molecule has 9 heteroatoms. The molecule has 0 saturated heterocycles. The first-order valence-electron chi connectivity index (χ1n) is 15.8. The molecule has 6 rings (SSSR count). The Morgan fingerprint density at radius 3 is 2.55 bits per heavy atom. The monoisotopic (exact) mass is 606 g/mol. The molecule has 3 unspecified atom stereocenters. The second-order valence-corrected chi connectivity index (χ2v) is 20.2. The van der Waals surface area contributed by atoms with Crippen molar-refractivity contribution in [2.75, 3.05) is 36.6 Å². The van der Waals surface area contributed by atoms with E-state index < -0.39 is 8.32 Å². The van der Waals surface area contributed by atoms with Gasteiger partial charge in [-0.15, -0.1) is 11.8 Å². The summed E-state index contributed by atoms with van der Waals surface area (Å²) in [6, 6.07) is 11.3. The number of anilines is 2. The molecule has 1 aromatic carbocycles. The average Bonchev–Trinajstić information content (AvgIpc) is 2.95. The van der Waals surface area contributed by atoms with Gasteiger partial charge in [-0.1, -0.05) is 39.0 Å². The molecule has 5 atom stereocenters. The third-order valence-corrected chi connectivity index (χ3v) is 15.9. The van der Waals surface area contributed by atoms with E-state index >= 15 is 0 Å². The maximum Gasteiger partial charge on any atom is 0.224 e. The minimum atomic E-state index is -1.67. The molecular weight excluding hydrogens is 557 g/mol. The molecular formula is C33H50N6OSSi. The van der Waals surface area contributed by atoms with Gasteiger partial charge in [0.15, 0.2) is 8.32 Å². The lowest BCUT2D eigenvalue weighted by atomic mass is 9.48. The van der Waals surface area contributed by atoms with Gasteiger partial charge in [-0.05, 0) is 104 Å². The summed E-state index contributed by atoms with van der Waals surface area (Å²) >= 11 is 1.74. The number of rotatable bonds is 13. The van der Waals surface area contributed by atoms with Gasteiger partial charge in [0.1, 0.15) is 17.5 Å². The van der Waals surface area contributed by atoms with E-state index in [-0.39, 0.29) is 5.04 Å². The van der Waals surface area contributed by atoms with E-state index in [2.05, 4.69) is 91.4 Å². The number of nitrogens with one attached hydrogen (secondary N) is 3. The molecule has 4 aliphatic carbocycles. The van der Waals surface area contributed by atoms with Gasteiger partial charge in [-0.3, -0.25) is 0 Å². The Morgan fingerprint density at radius 2 is 1.86 bits per heavy atom. The largest absolute Gasteiger partial charge is 0.417 e. The van der Waals surface area contributed by atoms with E-state index in [1.54, 1.807) is 18.0 Å². The van der Waals surface area contributed by atoms with E-state index in [1.807, 2.05) is 0 Å². The van der Waals surface area contributed by atoms with Gasteiger partial charge >= 0.3 is 0 Å². The van der Waals surface area contributed by atoms with Crippen molar-refractivity contribution in [2.45, 2.75) is 94.9 Å². The summed E-state index contributed by atoms with van der Waals surface area (Å²) in [5.41, 5.74) is 2.02. The van der Waals surface area contributed by atoms with Crippen molar-refractivity contribution in [3.8, 4) is 6.07 Å². The van der Waals surface area contributed by atoms with Crippen molar-refractivity contribution >= 4 is 31.8 Å². The predicted octanol–water partition coefficient (Wildman–Crippen LogP) is 7.29. The Bertz CT molecular complexity index is 1260. The highest BCUT2D eigenvalue weighted by atomic mass is 32.2. The van der Waals surface area contributed by atoms with Crippen molar-refractivity contribution < 1.29 is 4.43 Å². The molecule has 7 nitrogen and oxygen atoms in total. The molecule has 2 aromatic rings. The topological polar surface area (TPSA) is 94.9 Å². The summed E-state index contributed by atoms with van der Waals surface area (Å²) < 4.78 is 6.42. The van der Waals surface area contributed by atoms with Crippen molar-refractivity contribution in [3.63, 3.8) is 0 Å². The van der Waals surface area contributed by atoms with Gasteiger partial charge in [-0.2, -0.15) is 10.2 Å². The van der Waals surface area contributed by atoms with E-state index in [0.29, 0.717) is 35.3 Å². The van der Waals surface area contributed by atoms with Crippen LogP contribution in [0.15, 0.2) is 35.4 Å². The summed E-state index contributed by atoms with van der Waals surface area (Å²) in [6.07, 6.45) is 11.4. The van der Waals surface area contributed by atoms with Crippen LogP contribution in [0.1, 0.15) is 70.4 Å². The average molecular weight is 607 g/mol. The number of thioether (sulfide) groups is 1. The summed E-state index contributed by atoms with van der Waals surface area (Å²) in [7, 11) is -1.67. The van der Waals surface area contributed by atoms with Gasteiger partial charge < -0.3 is 20.4 Å². The number of nitrogens with zero attached hydrogens (tertiary/aromatic N) is 3. The van der Waals surface area contributed by atoms with Crippen molar-refractivity contribution in [1.82, 2.24) is 15.3 Å². The standard InChI is InChI=1S/C33H50N6OSSi/c1-32(2,3)42(5,6)40-13-9-12-35-29-25-14-23-15-26(29)18-33(16-23,17-25)22-38-30-27(19-34)21-37-31(39-30)36-20-24-10-7-8-11-28(24)41-4/h7-8,10-11,21,23,25-26,29,35H,9,12-18,20,22H2,1-6H3,(H2,36,37,38,39)/t23?,25-,26+,29?,33?. The molecule has 4 saturated carbocycles. The highest BCUT2D eigenvalue weighted by Gasteiger charge is 2.55. The fraction of sp³-hybridized carbons (Fsp3) is 0.667. The lowest BCUT2D eigenvalue weighted by molar-refractivity contribution is -0.0693. The van der Waals surface area contributed by atoms with Crippen molar-refractivity contribution in [2.24, 2.45) is 23.2 Å². The Morgan fingerprint density at radius 1 is 1.12 bits per heavy atom. The summed E-state index contributed by atoms with van der Waals surface area (Å²) in [5, 5.41) is 21.0. The maximum absolute atomic E-state index is 9.78. The number of hydrogen-bond acceptors (Lipinski definition) is 8. The minimum Gasteiger partial charge on any atom is -0.417 e. The Kier molecular flexibility index (Phi) is 9.58. The van der Waals surface area contributed by atoms with E-state index in [9.17, 15) is 5.26 Å². The first kappa shape index (κ1) is 31.3. The lowest BCUT2D eigenvalue weighted by Crippen LogP contribution is -2.59. The molecule has 4 bridgehead atoms. The third kappa shape index (κ3) is 6.98. The molecule has 4 fully saturated rings. The van der Waals surface area contributed by atoms with Crippen LogP contribution in [0, 0.1) is 34.5 Å². The molecule has 3 N–H and O–H groups in total. The highest BCUT2D eigenvalue weighted by Crippen LogP contribution is 2.60. The second-order valence-electron chi connectivity index (χ2n) is 14.5. The van der Waals surface area contributed by atoms with Gasteiger partial charge in [0.2, 0.25) is 5.95 Å². The molecule has 0 amide bonds. The first-order valence-corrected chi connectivity index (χ1v) is 19.9. The fourth-order valence-electron chi connectivity index (χ4n) is 7.61. The zero-order chi connectivity index (χ0) is 30.0. The molecule has 4 aliphatic rings. The van der Waals surface area contributed by atoms with Crippen LogP contribution in [0.25, 0.3) is 0 Å². The van der Waals surface area contributed by atoms with Gasteiger partial charge in [0.05, 0.1) is 6.20 Å². The number of benzene rings is 1. The summed E-state index contributed by atoms with van der Waals surface area (Å²) in [6.45, 7) is 15.1. The predicted molar refractivity (Wildman–Crippen MR) is 176 cm³/mol. The maximum atomic E-state index is 9.78. The van der Waals surface area contributed by atoms with Gasteiger partial charge in [-0.25, -0.2) is 4.98 Å². The molecule has 228 valence electrons. The molecule has 0 radical (unpaired) electrons. The van der Waals surface area contributed by atoms with Gasteiger partial charge in [0, 0.05) is 30.6 Å². The number of nitriles is 1. The minimum absolute atomic E-state index is 0.266. The van der Waals surface area contributed by atoms with Crippen molar-refractivity contribution in [1.29, 1.82) is 5.26 Å². The molecule has 42 heavy (non-hydrogen) atoms. The van der Waals surface area contributed by atoms with Crippen LogP contribution in [0.5, 0.6) is 0 Å². The van der Waals surface area contributed by atoms with Crippen LogP contribution in [0.4, 0.5) is 11.8 Å². The van der Waals surface area contributed by atoms with Crippen LogP contribution in [0.2, 0.25) is 18.1 Å². The Balaban J connectivity index is 1.15. The lowest BCUT2D eigenvalue weighted by Gasteiger charge is -2.60. The normalized spacial score (nSPS) is 26.7.